The van der Waals surface area contributed by atoms with E-state index in [4.69, 9.17) is 11.6 Å². The van der Waals surface area contributed by atoms with Crippen LogP contribution in [0.5, 0.6) is 0 Å². The second kappa shape index (κ2) is 8.66. The van der Waals surface area contributed by atoms with Crippen molar-refractivity contribution in [2.24, 2.45) is 0 Å². The summed E-state index contributed by atoms with van der Waals surface area (Å²) < 4.78 is 26.0. The number of sulfone groups is 1. The number of hydrogen-bond acceptors (Lipinski definition) is 5. The summed E-state index contributed by atoms with van der Waals surface area (Å²) in [7, 11) is -3.78. The summed E-state index contributed by atoms with van der Waals surface area (Å²) in [5, 5.41) is 6.06. The van der Waals surface area contributed by atoms with E-state index < -0.39 is 26.9 Å². The smallest absolute Gasteiger partial charge is 0.309 e. The van der Waals surface area contributed by atoms with Crippen molar-refractivity contribution in [3.05, 3.63) is 51.7 Å². The summed E-state index contributed by atoms with van der Waals surface area (Å²) in [5.41, 5.74) is 0. The number of halogens is 1. The normalized spacial score (nSPS) is 12.6. The van der Waals surface area contributed by atoms with Gasteiger partial charge in [-0.2, -0.15) is 0 Å². The lowest BCUT2D eigenvalue weighted by molar-refractivity contribution is -0.139. The highest BCUT2D eigenvalue weighted by Gasteiger charge is 2.31. The fraction of sp³-hybridized carbons (Fsp3) is 0.294. The highest BCUT2D eigenvalue weighted by Crippen LogP contribution is 2.31. The van der Waals surface area contributed by atoms with Crippen LogP contribution in [0.15, 0.2) is 46.7 Å². The van der Waals surface area contributed by atoms with Crippen LogP contribution in [-0.2, 0) is 19.4 Å². The van der Waals surface area contributed by atoms with Crippen molar-refractivity contribution >= 4 is 44.6 Å². The van der Waals surface area contributed by atoms with Gasteiger partial charge in [0, 0.05) is 22.5 Å². The first-order valence-corrected chi connectivity index (χ1v) is 10.6. The lowest BCUT2D eigenvalue weighted by Gasteiger charge is -2.17. The van der Waals surface area contributed by atoms with Crippen LogP contribution in [0.4, 0.5) is 0 Å². The van der Waals surface area contributed by atoms with Crippen molar-refractivity contribution in [3.8, 4) is 0 Å². The Morgan fingerprint density at radius 3 is 2.31 bits per heavy atom. The minimum atomic E-state index is -3.78. The third kappa shape index (κ3) is 5.06. The van der Waals surface area contributed by atoms with Crippen LogP contribution in [0.1, 0.15) is 24.0 Å². The second-order valence-electron chi connectivity index (χ2n) is 5.84. The summed E-state index contributed by atoms with van der Waals surface area (Å²) in [5.74, 6) is -1.67. The topological polar surface area (TPSA) is 92.3 Å². The average molecular weight is 415 g/mol. The van der Waals surface area contributed by atoms with Gasteiger partial charge >= 0.3 is 11.8 Å². The molecular formula is C17H19ClN2O4S2. The Labute approximate surface area is 161 Å². The van der Waals surface area contributed by atoms with Gasteiger partial charge in [-0.25, -0.2) is 8.42 Å². The first-order chi connectivity index (χ1) is 12.2. The standard InChI is InChI=1S/C17H19ClN2O4S2/c1-11(2)20-17(22)16(21)19-10-15(14-4-3-9-25-14)26(23,24)13-7-5-12(18)6-8-13/h3-9,11,15H,10H2,1-2H3,(H,19,21)(H,20,22)/t15-/m1/s1. The molecular weight excluding hydrogens is 396 g/mol. The summed E-state index contributed by atoms with van der Waals surface area (Å²) >= 11 is 7.10. The predicted molar refractivity (Wildman–Crippen MR) is 102 cm³/mol. The van der Waals surface area contributed by atoms with Crippen LogP contribution in [-0.4, -0.2) is 32.8 Å². The van der Waals surface area contributed by atoms with E-state index in [2.05, 4.69) is 10.6 Å². The third-order valence-electron chi connectivity index (χ3n) is 3.45. The van der Waals surface area contributed by atoms with Crippen LogP contribution >= 0.6 is 22.9 Å². The quantitative estimate of drug-likeness (QED) is 0.710. The van der Waals surface area contributed by atoms with E-state index in [-0.39, 0.29) is 17.5 Å². The van der Waals surface area contributed by atoms with Gasteiger partial charge in [-0.3, -0.25) is 9.59 Å². The lowest BCUT2D eigenvalue weighted by atomic mass is 10.3. The summed E-state index contributed by atoms with van der Waals surface area (Å²) in [6, 6.07) is 9.06. The van der Waals surface area contributed by atoms with Gasteiger partial charge in [0.1, 0.15) is 5.25 Å². The highest BCUT2D eigenvalue weighted by molar-refractivity contribution is 7.91. The maximum Gasteiger partial charge on any atom is 0.309 e. The molecule has 0 bridgehead atoms. The first kappa shape index (κ1) is 20.4. The largest absolute Gasteiger partial charge is 0.346 e. The highest BCUT2D eigenvalue weighted by atomic mass is 35.5. The zero-order chi connectivity index (χ0) is 19.3. The van der Waals surface area contributed by atoms with E-state index in [1.165, 1.54) is 35.6 Å². The van der Waals surface area contributed by atoms with Crippen LogP contribution in [0.3, 0.4) is 0 Å². The molecule has 1 aromatic carbocycles. The van der Waals surface area contributed by atoms with E-state index in [1.807, 2.05) is 0 Å². The Morgan fingerprint density at radius 2 is 1.77 bits per heavy atom. The Kier molecular flexibility index (Phi) is 6.80. The Hall–Kier alpha value is -1.90. The molecule has 140 valence electrons. The molecule has 1 heterocycles. The molecule has 1 aromatic heterocycles. The van der Waals surface area contributed by atoms with E-state index >= 15 is 0 Å². The van der Waals surface area contributed by atoms with Crippen LogP contribution < -0.4 is 10.6 Å². The molecule has 26 heavy (non-hydrogen) atoms. The van der Waals surface area contributed by atoms with Crippen molar-refractivity contribution < 1.29 is 18.0 Å². The van der Waals surface area contributed by atoms with E-state index in [0.29, 0.717) is 9.90 Å². The Bertz CT molecular complexity index is 863. The number of carbonyl (C=O) groups is 2. The molecule has 9 heteroatoms. The molecule has 0 radical (unpaired) electrons. The first-order valence-electron chi connectivity index (χ1n) is 7.83. The lowest BCUT2D eigenvalue weighted by Crippen LogP contribution is -2.44. The van der Waals surface area contributed by atoms with Gasteiger partial charge in [0.15, 0.2) is 9.84 Å². The van der Waals surface area contributed by atoms with Gasteiger partial charge in [-0.05, 0) is 49.6 Å². The molecule has 0 saturated heterocycles. The van der Waals surface area contributed by atoms with Crippen molar-refractivity contribution in [2.75, 3.05) is 6.54 Å². The molecule has 0 aliphatic heterocycles. The summed E-state index contributed by atoms with van der Waals surface area (Å²) in [6.07, 6.45) is 0. The average Bonchev–Trinajstić information content (AvgIpc) is 3.08. The number of rotatable bonds is 6. The maximum atomic E-state index is 13.0. The van der Waals surface area contributed by atoms with E-state index in [1.54, 1.807) is 31.4 Å². The monoisotopic (exact) mass is 414 g/mol. The Morgan fingerprint density at radius 1 is 1.12 bits per heavy atom. The van der Waals surface area contributed by atoms with Crippen molar-refractivity contribution in [2.45, 2.75) is 30.0 Å². The van der Waals surface area contributed by atoms with Gasteiger partial charge in [-0.15, -0.1) is 11.3 Å². The number of benzene rings is 1. The third-order valence-corrected chi connectivity index (χ3v) is 6.94. The zero-order valence-corrected chi connectivity index (χ0v) is 16.6. The van der Waals surface area contributed by atoms with Crippen LogP contribution in [0, 0.1) is 0 Å². The van der Waals surface area contributed by atoms with Crippen molar-refractivity contribution in [3.63, 3.8) is 0 Å². The molecule has 6 nitrogen and oxygen atoms in total. The van der Waals surface area contributed by atoms with Crippen molar-refractivity contribution in [1.82, 2.24) is 10.6 Å². The van der Waals surface area contributed by atoms with Crippen LogP contribution in [0.25, 0.3) is 0 Å². The van der Waals surface area contributed by atoms with Crippen molar-refractivity contribution in [1.29, 1.82) is 0 Å². The van der Waals surface area contributed by atoms with Gasteiger partial charge in [-0.1, -0.05) is 17.7 Å². The number of carbonyl (C=O) groups excluding carboxylic acids is 2. The fourth-order valence-corrected chi connectivity index (χ4v) is 5.13. The van der Waals surface area contributed by atoms with Gasteiger partial charge < -0.3 is 10.6 Å². The van der Waals surface area contributed by atoms with Gasteiger partial charge in [0.05, 0.1) is 4.90 Å². The van der Waals surface area contributed by atoms with Gasteiger partial charge in [0.2, 0.25) is 0 Å². The molecule has 2 N–H and O–H groups in total. The molecule has 2 amide bonds. The molecule has 1 atom stereocenters. The maximum absolute atomic E-state index is 13.0. The number of hydrogen-bond donors (Lipinski definition) is 2. The van der Waals surface area contributed by atoms with E-state index in [9.17, 15) is 18.0 Å². The predicted octanol–water partition coefficient (Wildman–Crippen LogP) is 2.56. The molecule has 2 aromatic rings. The minimum Gasteiger partial charge on any atom is -0.346 e. The Balaban J connectivity index is 2.24. The SMILES string of the molecule is CC(C)NC(=O)C(=O)NC[C@H](c1cccs1)S(=O)(=O)c1ccc(Cl)cc1. The molecule has 0 spiro atoms. The molecule has 0 saturated carbocycles. The number of nitrogens with one attached hydrogen (secondary N) is 2. The van der Waals surface area contributed by atoms with Gasteiger partial charge in [0.25, 0.3) is 0 Å². The number of amides is 2. The molecule has 0 fully saturated rings. The fourth-order valence-electron chi connectivity index (χ4n) is 2.22. The van der Waals surface area contributed by atoms with E-state index in [0.717, 1.165) is 0 Å². The minimum absolute atomic E-state index is 0.0983. The number of thiophene rings is 1. The molecule has 0 aliphatic rings. The molecule has 0 aliphatic carbocycles. The summed E-state index contributed by atoms with van der Waals surface area (Å²) in [6.45, 7) is 3.24. The second-order valence-corrected chi connectivity index (χ2v) is 9.39. The van der Waals surface area contributed by atoms with Crippen LogP contribution in [0.2, 0.25) is 5.02 Å². The molecule has 2 rings (SSSR count). The molecule has 0 unspecified atom stereocenters. The summed E-state index contributed by atoms with van der Waals surface area (Å²) in [4.78, 5) is 24.3. The zero-order valence-electron chi connectivity index (χ0n) is 14.2.